The highest BCUT2D eigenvalue weighted by molar-refractivity contribution is 6.26. The maximum Gasteiger partial charge on any atom is 0.0562 e. The molecule has 0 bridgehead atoms. The van der Waals surface area contributed by atoms with Gasteiger partial charge in [-0.15, -0.1) is 0 Å². The van der Waals surface area contributed by atoms with E-state index < -0.39 is 0 Å². The summed E-state index contributed by atoms with van der Waals surface area (Å²) in [6, 6.07) is 73.8. The van der Waals surface area contributed by atoms with E-state index in [1.165, 1.54) is 103 Å². The largest absolute Gasteiger partial charge is 0.309 e. The summed E-state index contributed by atoms with van der Waals surface area (Å²) in [5.41, 5.74) is 10.7. The van der Waals surface area contributed by atoms with Crippen LogP contribution in [0.2, 0.25) is 0 Å². The Kier molecular flexibility index (Phi) is 6.16. The first-order chi connectivity index (χ1) is 28.3. The van der Waals surface area contributed by atoms with Crippen molar-refractivity contribution >= 4 is 97.7 Å². The Bertz CT molecular complexity index is 3770. The molecule has 0 unspecified atom stereocenters. The van der Waals surface area contributed by atoms with Gasteiger partial charge in [-0.3, -0.25) is 0 Å². The number of rotatable bonds is 3. The third-order valence-corrected chi connectivity index (χ3v) is 12.4. The van der Waals surface area contributed by atoms with Gasteiger partial charge in [-0.1, -0.05) is 127 Å². The Balaban J connectivity index is 1.11. The molecular weight excluding hydrogens is 691 g/mol. The fraction of sp³-hybridized carbons (Fsp3) is 0. The van der Waals surface area contributed by atoms with Crippen molar-refractivity contribution in [1.29, 1.82) is 0 Å². The van der Waals surface area contributed by atoms with Crippen molar-refractivity contribution in [2.75, 3.05) is 0 Å². The van der Waals surface area contributed by atoms with E-state index in [1.807, 2.05) is 0 Å². The van der Waals surface area contributed by atoms with Gasteiger partial charge in [0.2, 0.25) is 0 Å². The molecule has 3 aromatic heterocycles. The van der Waals surface area contributed by atoms with Crippen LogP contribution in [0, 0.1) is 0 Å². The van der Waals surface area contributed by atoms with Crippen molar-refractivity contribution in [3.8, 4) is 17.1 Å². The molecule has 0 amide bonds. The van der Waals surface area contributed by atoms with Crippen molar-refractivity contribution in [2.24, 2.45) is 0 Å². The maximum atomic E-state index is 2.48. The van der Waals surface area contributed by atoms with Crippen LogP contribution in [0.4, 0.5) is 0 Å². The standard InChI is InChI=1S/C54H33N3/c1-2-14-34(15-3-1)55-49-23-11-8-20-42(49)46-31-36(27-29-52(46)55)57-51-25-13-10-22-44(51)48-32-47-43-21-9-12-24-50(43)56(53(47)33-54(48)57)35-26-28-41-39-18-5-4-16-37(39)38-17-6-7-19-40(38)45(41)30-35/h1-33H. The van der Waals surface area contributed by atoms with E-state index >= 15 is 0 Å². The molecule has 0 saturated carbocycles. The molecule has 0 saturated heterocycles. The number of hydrogen-bond donors (Lipinski definition) is 0. The quantitative estimate of drug-likeness (QED) is 0.161. The van der Waals surface area contributed by atoms with Crippen molar-refractivity contribution < 1.29 is 0 Å². The molecule has 3 heteroatoms. The van der Waals surface area contributed by atoms with Crippen LogP contribution in [0.3, 0.4) is 0 Å². The highest BCUT2D eigenvalue weighted by Gasteiger charge is 2.20. The van der Waals surface area contributed by atoms with Gasteiger partial charge in [0.05, 0.1) is 33.1 Å². The number of fused-ring (bicyclic) bond motifs is 15. The summed E-state index contributed by atoms with van der Waals surface area (Å²) < 4.78 is 7.34. The third-order valence-electron chi connectivity index (χ3n) is 12.4. The lowest BCUT2D eigenvalue weighted by molar-refractivity contribution is 1.16. The minimum absolute atomic E-state index is 1.15. The maximum absolute atomic E-state index is 2.48. The number of nitrogens with zero attached hydrogens (tertiary/aromatic N) is 3. The Morgan fingerprint density at radius 1 is 0.175 bits per heavy atom. The first-order valence-corrected chi connectivity index (χ1v) is 19.7. The van der Waals surface area contributed by atoms with E-state index in [4.69, 9.17) is 0 Å². The van der Waals surface area contributed by atoms with Gasteiger partial charge in [0.15, 0.2) is 0 Å². The van der Waals surface area contributed by atoms with E-state index in [0.29, 0.717) is 0 Å². The van der Waals surface area contributed by atoms with Gasteiger partial charge in [0.1, 0.15) is 0 Å². The molecule has 57 heavy (non-hydrogen) atoms. The van der Waals surface area contributed by atoms with Crippen LogP contribution in [0.15, 0.2) is 200 Å². The summed E-state index contributed by atoms with van der Waals surface area (Å²) in [5, 5.41) is 15.2. The van der Waals surface area contributed by atoms with Gasteiger partial charge < -0.3 is 13.7 Å². The molecule has 13 aromatic rings. The van der Waals surface area contributed by atoms with Crippen LogP contribution < -0.4 is 0 Å². The van der Waals surface area contributed by atoms with Crippen molar-refractivity contribution in [3.05, 3.63) is 200 Å². The van der Waals surface area contributed by atoms with Gasteiger partial charge in [0, 0.05) is 49.4 Å². The molecule has 0 aliphatic heterocycles. The van der Waals surface area contributed by atoms with E-state index in [2.05, 4.69) is 214 Å². The highest BCUT2D eigenvalue weighted by Crippen LogP contribution is 2.42. The molecule has 264 valence electrons. The Morgan fingerprint density at radius 3 is 1.05 bits per heavy atom. The Hall–Kier alpha value is -7.62. The molecule has 0 N–H and O–H groups in total. The summed E-state index contributed by atoms with van der Waals surface area (Å²) in [7, 11) is 0. The van der Waals surface area contributed by atoms with Crippen molar-refractivity contribution in [3.63, 3.8) is 0 Å². The topological polar surface area (TPSA) is 14.8 Å². The Morgan fingerprint density at radius 2 is 0.526 bits per heavy atom. The number of benzene rings is 10. The van der Waals surface area contributed by atoms with Gasteiger partial charge >= 0.3 is 0 Å². The van der Waals surface area contributed by atoms with E-state index in [1.54, 1.807) is 0 Å². The second-order valence-electron chi connectivity index (χ2n) is 15.3. The van der Waals surface area contributed by atoms with Crippen molar-refractivity contribution in [1.82, 2.24) is 13.7 Å². The fourth-order valence-electron chi connectivity index (χ4n) is 9.98. The van der Waals surface area contributed by atoms with Crippen LogP contribution >= 0.6 is 0 Å². The second kappa shape index (κ2) is 11.5. The molecule has 0 atom stereocenters. The SMILES string of the molecule is c1ccc(-n2c3ccccc3c3cc(-n4c5ccccc5c5cc6c7ccccc7n(-c7ccc8c9ccccc9c9ccccc9c8c7)c6cc54)ccc32)cc1. The molecule has 0 spiro atoms. The molecule has 13 rings (SSSR count). The van der Waals surface area contributed by atoms with Crippen LogP contribution in [0.1, 0.15) is 0 Å². The van der Waals surface area contributed by atoms with Gasteiger partial charge in [-0.25, -0.2) is 0 Å². The van der Waals surface area contributed by atoms with Crippen LogP contribution in [-0.2, 0) is 0 Å². The lowest BCUT2D eigenvalue weighted by Gasteiger charge is -2.14. The van der Waals surface area contributed by atoms with Crippen molar-refractivity contribution in [2.45, 2.75) is 0 Å². The summed E-state index contributed by atoms with van der Waals surface area (Å²) >= 11 is 0. The predicted molar refractivity (Wildman–Crippen MR) is 242 cm³/mol. The van der Waals surface area contributed by atoms with Gasteiger partial charge in [-0.05, 0) is 105 Å². The van der Waals surface area contributed by atoms with E-state index in [-0.39, 0.29) is 0 Å². The average Bonchev–Trinajstić information content (AvgIpc) is 3.91. The highest BCUT2D eigenvalue weighted by atomic mass is 15.0. The van der Waals surface area contributed by atoms with Crippen LogP contribution in [-0.4, -0.2) is 13.7 Å². The zero-order valence-electron chi connectivity index (χ0n) is 30.9. The molecule has 0 aliphatic carbocycles. The summed E-state index contributed by atoms with van der Waals surface area (Å²) in [4.78, 5) is 0. The van der Waals surface area contributed by atoms with E-state index in [9.17, 15) is 0 Å². The molecule has 3 heterocycles. The number of para-hydroxylation sites is 4. The molecule has 0 radical (unpaired) electrons. The lowest BCUT2D eigenvalue weighted by Crippen LogP contribution is -1.97. The van der Waals surface area contributed by atoms with Crippen LogP contribution in [0.5, 0.6) is 0 Å². The second-order valence-corrected chi connectivity index (χ2v) is 15.3. The van der Waals surface area contributed by atoms with E-state index in [0.717, 1.165) is 11.4 Å². The van der Waals surface area contributed by atoms with Crippen LogP contribution in [0.25, 0.3) is 115 Å². The lowest BCUT2D eigenvalue weighted by atomic mass is 9.94. The first kappa shape index (κ1) is 30.7. The molecular formula is C54H33N3. The predicted octanol–water partition coefficient (Wildman–Crippen LogP) is 14.4. The number of aromatic nitrogens is 3. The minimum atomic E-state index is 1.15. The third kappa shape index (κ3) is 4.20. The molecule has 10 aromatic carbocycles. The summed E-state index contributed by atoms with van der Waals surface area (Å²) in [5.74, 6) is 0. The summed E-state index contributed by atoms with van der Waals surface area (Å²) in [6.07, 6.45) is 0. The zero-order valence-corrected chi connectivity index (χ0v) is 30.9. The number of hydrogen-bond acceptors (Lipinski definition) is 0. The molecule has 0 aliphatic rings. The molecule has 0 fully saturated rings. The minimum Gasteiger partial charge on any atom is -0.309 e. The average molecular weight is 724 g/mol. The normalized spacial score (nSPS) is 12.2. The smallest absolute Gasteiger partial charge is 0.0562 e. The first-order valence-electron chi connectivity index (χ1n) is 19.7. The Labute approximate surface area is 327 Å². The fourth-order valence-corrected chi connectivity index (χ4v) is 9.98. The monoisotopic (exact) mass is 723 g/mol. The van der Waals surface area contributed by atoms with Gasteiger partial charge in [-0.2, -0.15) is 0 Å². The zero-order chi connectivity index (χ0) is 37.2. The molecule has 3 nitrogen and oxygen atoms in total. The van der Waals surface area contributed by atoms with Gasteiger partial charge in [0.25, 0.3) is 0 Å². The summed E-state index contributed by atoms with van der Waals surface area (Å²) in [6.45, 7) is 0.